The summed E-state index contributed by atoms with van der Waals surface area (Å²) in [5.41, 5.74) is 1.16. The van der Waals surface area contributed by atoms with E-state index in [0.29, 0.717) is 11.1 Å². The van der Waals surface area contributed by atoms with Crippen LogP contribution in [0.15, 0.2) is 18.2 Å². The summed E-state index contributed by atoms with van der Waals surface area (Å²) in [7, 11) is 2.03. The zero-order valence-corrected chi connectivity index (χ0v) is 11.6. The van der Waals surface area contributed by atoms with Crippen LogP contribution in [-0.4, -0.2) is 31.1 Å². The Hall–Kier alpha value is -0.280. The van der Waals surface area contributed by atoms with Crippen LogP contribution in [0, 0.1) is 0 Å². The molecule has 0 saturated carbocycles. The standard InChI is InChI=1S/C13H18Cl2N2/c1-16-12-3-2-6-17(9-12)8-10-4-5-11(14)7-13(10)15/h4-5,7,12,16H,2-3,6,8-9H2,1H3/t12-/m1/s1. The van der Waals surface area contributed by atoms with Gasteiger partial charge in [-0.1, -0.05) is 29.3 Å². The number of likely N-dealkylation sites (tertiary alicyclic amines) is 1. The number of rotatable bonds is 3. The molecule has 1 aromatic rings. The summed E-state index contributed by atoms with van der Waals surface area (Å²) in [5.74, 6) is 0. The van der Waals surface area contributed by atoms with Crippen LogP contribution in [0.3, 0.4) is 0 Å². The maximum Gasteiger partial charge on any atom is 0.0465 e. The highest BCUT2D eigenvalue weighted by molar-refractivity contribution is 6.35. The molecule has 2 rings (SSSR count). The summed E-state index contributed by atoms with van der Waals surface area (Å²) >= 11 is 12.1. The number of piperidine rings is 1. The number of hydrogen-bond acceptors (Lipinski definition) is 2. The van der Waals surface area contributed by atoms with Crippen LogP contribution >= 0.6 is 23.2 Å². The topological polar surface area (TPSA) is 15.3 Å². The van der Waals surface area contributed by atoms with Crippen LogP contribution in [0.25, 0.3) is 0 Å². The Bertz CT molecular complexity index is 382. The third kappa shape index (κ3) is 3.59. The average Bonchev–Trinajstić information content (AvgIpc) is 2.33. The molecule has 0 aliphatic carbocycles. The van der Waals surface area contributed by atoms with Gasteiger partial charge in [0.2, 0.25) is 0 Å². The van der Waals surface area contributed by atoms with Gasteiger partial charge in [0.1, 0.15) is 0 Å². The fourth-order valence-corrected chi connectivity index (χ4v) is 2.79. The van der Waals surface area contributed by atoms with Crippen molar-refractivity contribution in [3.05, 3.63) is 33.8 Å². The number of halogens is 2. The molecule has 0 amide bonds. The van der Waals surface area contributed by atoms with E-state index in [4.69, 9.17) is 23.2 Å². The minimum absolute atomic E-state index is 0.606. The molecule has 0 unspecified atom stereocenters. The smallest absolute Gasteiger partial charge is 0.0465 e. The molecule has 4 heteroatoms. The molecule has 0 bridgehead atoms. The van der Waals surface area contributed by atoms with E-state index in [0.717, 1.165) is 30.2 Å². The van der Waals surface area contributed by atoms with Crippen LogP contribution in [-0.2, 0) is 6.54 Å². The van der Waals surface area contributed by atoms with Gasteiger partial charge in [-0.05, 0) is 44.1 Å². The summed E-state index contributed by atoms with van der Waals surface area (Å²) < 4.78 is 0. The third-order valence-electron chi connectivity index (χ3n) is 3.32. The molecule has 2 nitrogen and oxygen atoms in total. The van der Waals surface area contributed by atoms with Crippen LogP contribution < -0.4 is 5.32 Å². The molecule has 1 fully saturated rings. The van der Waals surface area contributed by atoms with Crippen LogP contribution in [0.5, 0.6) is 0 Å². The molecule has 1 aliphatic rings. The Morgan fingerprint density at radius 2 is 2.24 bits per heavy atom. The zero-order chi connectivity index (χ0) is 12.3. The Morgan fingerprint density at radius 1 is 1.41 bits per heavy atom. The fourth-order valence-electron chi connectivity index (χ4n) is 2.33. The lowest BCUT2D eigenvalue weighted by Crippen LogP contribution is -2.43. The lowest BCUT2D eigenvalue weighted by molar-refractivity contribution is 0.188. The Balaban J connectivity index is 2.00. The Labute approximate surface area is 113 Å². The van der Waals surface area contributed by atoms with Crippen LogP contribution in [0.1, 0.15) is 18.4 Å². The number of nitrogens with zero attached hydrogens (tertiary/aromatic N) is 1. The summed E-state index contributed by atoms with van der Waals surface area (Å²) in [6.07, 6.45) is 2.51. The van der Waals surface area contributed by atoms with E-state index < -0.39 is 0 Å². The molecule has 0 radical (unpaired) electrons. The summed E-state index contributed by atoms with van der Waals surface area (Å²) in [6.45, 7) is 3.15. The second-order valence-corrected chi connectivity index (χ2v) is 5.44. The van der Waals surface area contributed by atoms with E-state index >= 15 is 0 Å². The molecule has 1 N–H and O–H groups in total. The molecule has 1 heterocycles. The monoisotopic (exact) mass is 272 g/mol. The highest BCUT2D eigenvalue weighted by Gasteiger charge is 2.18. The van der Waals surface area contributed by atoms with Crippen LogP contribution in [0.4, 0.5) is 0 Å². The van der Waals surface area contributed by atoms with Crippen molar-refractivity contribution in [3.63, 3.8) is 0 Å². The van der Waals surface area contributed by atoms with Crippen molar-refractivity contribution < 1.29 is 0 Å². The largest absolute Gasteiger partial charge is 0.316 e. The SMILES string of the molecule is CN[C@@H]1CCCN(Cc2ccc(Cl)cc2Cl)C1. The van der Waals surface area contributed by atoms with Gasteiger partial charge in [-0.2, -0.15) is 0 Å². The minimum Gasteiger partial charge on any atom is -0.316 e. The van der Waals surface area contributed by atoms with E-state index in [1.807, 2.05) is 25.2 Å². The maximum atomic E-state index is 6.19. The van der Waals surface area contributed by atoms with Gasteiger partial charge >= 0.3 is 0 Å². The first-order chi connectivity index (χ1) is 8.19. The van der Waals surface area contributed by atoms with E-state index in [-0.39, 0.29) is 0 Å². The van der Waals surface area contributed by atoms with Gasteiger partial charge in [-0.15, -0.1) is 0 Å². The van der Waals surface area contributed by atoms with Crippen molar-refractivity contribution in [2.75, 3.05) is 20.1 Å². The average molecular weight is 273 g/mol. The third-order valence-corrected chi connectivity index (χ3v) is 3.91. The molecular weight excluding hydrogens is 255 g/mol. The number of hydrogen-bond donors (Lipinski definition) is 1. The highest BCUT2D eigenvalue weighted by atomic mass is 35.5. The van der Waals surface area contributed by atoms with Gasteiger partial charge in [0.05, 0.1) is 0 Å². The van der Waals surface area contributed by atoms with Gasteiger partial charge < -0.3 is 5.32 Å². The van der Waals surface area contributed by atoms with E-state index in [1.54, 1.807) is 0 Å². The summed E-state index contributed by atoms with van der Waals surface area (Å²) in [4.78, 5) is 2.44. The number of likely N-dealkylation sites (N-methyl/N-ethyl adjacent to an activating group) is 1. The van der Waals surface area contributed by atoms with E-state index in [2.05, 4.69) is 10.2 Å². The molecule has 1 saturated heterocycles. The van der Waals surface area contributed by atoms with E-state index in [1.165, 1.54) is 12.8 Å². The molecular formula is C13H18Cl2N2. The summed E-state index contributed by atoms with van der Waals surface area (Å²) in [5, 5.41) is 4.81. The molecule has 1 atom stereocenters. The van der Waals surface area contributed by atoms with Gasteiger partial charge in [-0.3, -0.25) is 4.90 Å². The lowest BCUT2D eigenvalue weighted by atomic mass is 10.1. The van der Waals surface area contributed by atoms with Crippen LogP contribution in [0.2, 0.25) is 10.0 Å². The lowest BCUT2D eigenvalue weighted by Gasteiger charge is -2.32. The van der Waals surface area contributed by atoms with Crippen molar-refractivity contribution in [3.8, 4) is 0 Å². The first kappa shape index (κ1) is 13.2. The van der Waals surface area contributed by atoms with Crippen molar-refractivity contribution >= 4 is 23.2 Å². The Morgan fingerprint density at radius 3 is 2.94 bits per heavy atom. The molecule has 0 spiro atoms. The van der Waals surface area contributed by atoms with Crippen molar-refractivity contribution in [2.45, 2.75) is 25.4 Å². The highest BCUT2D eigenvalue weighted by Crippen LogP contribution is 2.23. The van der Waals surface area contributed by atoms with Crippen molar-refractivity contribution in [1.82, 2.24) is 10.2 Å². The van der Waals surface area contributed by atoms with Gasteiger partial charge in [0.25, 0.3) is 0 Å². The van der Waals surface area contributed by atoms with Gasteiger partial charge in [0.15, 0.2) is 0 Å². The molecule has 1 aromatic carbocycles. The first-order valence-corrected chi connectivity index (χ1v) is 6.78. The second kappa shape index (κ2) is 6.05. The zero-order valence-electron chi connectivity index (χ0n) is 10.0. The minimum atomic E-state index is 0.606. The van der Waals surface area contributed by atoms with Gasteiger partial charge in [-0.25, -0.2) is 0 Å². The predicted molar refractivity (Wildman–Crippen MR) is 73.8 cm³/mol. The van der Waals surface area contributed by atoms with Crippen molar-refractivity contribution in [2.24, 2.45) is 0 Å². The quantitative estimate of drug-likeness (QED) is 0.910. The Kier molecular flexibility index (Phi) is 4.69. The number of benzene rings is 1. The van der Waals surface area contributed by atoms with E-state index in [9.17, 15) is 0 Å². The van der Waals surface area contributed by atoms with Gasteiger partial charge in [0, 0.05) is 29.2 Å². The second-order valence-electron chi connectivity index (χ2n) is 4.60. The molecule has 0 aromatic heterocycles. The summed E-state index contributed by atoms with van der Waals surface area (Å²) in [6, 6.07) is 6.35. The predicted octanol–water partition coefficient (Wildman–Crippen LogP) is 3.18. The van der Waals surface area contributed by atoms with Crippen molar-refractivity contribution in [1.29, 1.82) is 0 Å². The maximum absolute atomic E-state index is 6.19. The first-order valence-electron chi connectivity index (χ1n) is 6.02. The number of nitrogens with one attached hydrogen (secondary N) is 1. The fraction of sp³-hybridized carbons (Fsp3) is 0.538. The normalized spacial score (nSPS) is 21.7. The molecule has 1 aliphatic heterocycles. The molecule has 17 heavy (non-hydrogen) atoms. The molecule has 94 valence electrons.